The van der Waals surface area contributed by atoms with E-state index in [-0.39, 0.29) is 0 Å². The van der Waals surface area contributed by atoms with E-state index in [0.717, 1.165) is 28.9 Å². The molecule has 0 aliphatic carbocycles. The Morgan fingerprint density at radius 3 is 2.53 bits per heavy atom. The zero-order valence-electron chi connectivity index (χ0n) is 9.37. The van der Waals surface area contributed by atoms with Gasteiger partial charge in [0.1, 0.15) is 17.8 Å². The van der Waals surface area contributed by atoms with Crippen LogP contribution < -0.4 is 9.47 Å². The minimum atomic E-state index is 0.503. The zero-order chi connectivity index (χ0) is 11.3. The highest BCUT2D eigenvalue weighted by Gasteiger charge is 2.08. The SMILES string of the molecule is COc1cc(C)c(OC)c(CCC=O)c1. The fourth-order valence-electron chi connectivity index (χ4n) is 1.62. The Morgan fingerprint density at radius 1 is 1.27 bits per heavy atom. The van der Waals surface area contributed by atoms with E-state index in [1.54, 1.807) is 14.2 Å². The largest absolute Gasteiger partial charge is 0.497 e. The Labute approximate surface area is 90.0 Å². The maximum absolute atomic E-state index is 10.3. The summed E-state index contributed by atoms with van der Waals surface area (Å²) in [6.45, 7) is 1.96. The summed E-state index contributed by atoms with van der Waals surface area (Å²) in [4.78, 5) is 10.3. The summed E-state index contributed by atoms with van der Waals surface area (Å²) in [5, 5.41) is 0. The number of carbonyl (C=O) groups excluding carboxylic acids is 1. The molecule has 0 heterocycles. The minimum absolute atomic E-state index is 0.503. The van der Waals surface area contributed by atoms with E-state index in [1.807, 2.05) is 19.1 Å². The third-order valence-electron chi connectivity index (χ3n) is 2.30. The van der Waals surface area contributed by atoms with Crippen molar-refractivity contribution >= 4 is 6.29 Å². The van der Waals surface area contributed by atoms with Crippen molar-refractivity contribution in [1.82, 2.24) is 0 Å². The molecule has 0 saturated carbocycles. The molecule has 0 N–H and O–H groups in total. The second-order valence-corrected chi connectivity index (χ2v) is 3.34. The number of hydrogen-bond donors (Lipinski definition) is 0. The molecule has 0 aliphatic heterocycles. The quantitative estimate of drug-likeness (QED) is 0.695. The van der Waals surface area contributed by atoms with Crippen LogP contribution in [-0.4, -0.2) is 20.5 Å². The summed E-state index contributed by atoms with van der Waals surface area (Å²) in [7, 11) is 3.27. The van der Waals surface area contributed by atoms with Crippen LogP contribution in [-0.2, 0) is 11.2 Å². The van der Waals surface area contributed by atoms with Gasteiger partial charge in [-0.15, -0.1) is 0 Å². The van der Waals surface area contributed by atoms with Gasteiger partial charge >= 0.3 is 0 Å². The molecule has 3 heteroatoms. The molecule has 82 valence electrons. The maximum Gasteiger partial charge on any atom is 0.125 e. The number of aldehydes is 1. The van der Waals surface area contributed by atoms with Crippen LogP contribution >= 0.6 is 0 Å². The molecule has 0 saturated heterocycles. The molecule has 15 heavy (non-hydrogen) atoms. The molecule has 0 radical (unpaired) electrons. The highest BCUT2D eigenvalue weighted by atomic mass is 16.5. The van der Waals surface area contributed by atoms with Gasteiger partial charge in [-0.3, -0.25) is 0 Å². The van der Waals surface area contributed by atoms with E-state index in [2.05, 4.69) is 0 Å². The van der Waals surface area contributed by atoms with Crippen molar-refractivity contribution in [3.63, 3.8) is 0 Å². The molecule has 0 bridgehead atoms. The van der Waals surface area contributed by atoms with E-state index in [9.17, 15) is 4.79 Å². The van der Waals surface area contributed by atoms with Crippen molar-refractivity contribution in [2.24, 2.45) is 0 Å². The van der Waals surface area contributed by atoms with Crippen molar-refractivity contribution < 1.29 is 14.3 Å². The predicted octanol–water partition coefficient (Wildman–Crippen LogP) is 2.14. The van der Waals surface area contributed by atoms with Gasteiger partial charge in [0.25, 0.3) is 0 Å². The third-order valence-corrected chi connectivity index (χ3v) is 2.30. The van der Waals surface area contributed by atoms with Gasteiger partial charge in [0.05, 0.1) is 14.2 Å². The first-order chi connectivity index (χ1) is 7.22. The van der Waals surface area contributed by atoms with E-state index in [0.29, 0.717) is 12.8 Å². The molecule has 1 rings (SSSR count). The van der Waals surface area contributed by atoms with Crippen LogP contribution in [0, 0.1) is 6.92 Å². The number of methoxy groups -OCH3 is 2. The van der Waals surface area contributed by atoms with Gasteiger partial charge in [0.2, 0.25) is 0 Å². The average molecular weight is 208 g/mol. The summed E-state index contributed by atoms with van der Waals surface area (Å²) >= 11 is 0. The van der Waals surface area contributed by atoms with Crippen LogP contribution in [0.4, 0.5) is 0 Å². The lowest BCUT2D eigenvalue weighted by molar-refractivity contribution is -0.107. The molecule has 0 spiro atoms. The van der Waals surface area contributed by atoms with Gasteiger partial charge in [-0.25, -0.2) is 0 Å². The second kappa shape index (κ2) is 5.39. The van der Waals surface area contributed by atoms with E-state index in [1.165, 1.54) is 0 Å². The van der Waals surface area contributed by atoms with Crippen LogP contribution in [0.2, 0.25) is 0 Å². The van der Waals surface area contributed by atoms with Crippen LogP contribution in [0.1, 0.15) is 17.5 Å². The van der Waals surface area contributed by atoms with E-state index in [4.69, 9.17) is 9.47 Å². The van der Waals surface area contributed by atoms with Crippen molar-refractivity contribution in [2.45, 2.75) is 19.8 Å². The molecular formula is C12H16O3. The summed E-state index contributed by atoms with van der Waals surface area (Å²) in [6, 6.07) is 3.83. The van der Waals surface area contributed by atoms with Gasteiger partial charge in [-0.2, -0.15) is 0 Å². The van der Waals surface area contributed by atoms with E-state index >= 15 is 0 Å². The number of hydrogen-bond acceptors (Lipinski definition) is 3. The fourth-order valence-corrected chi connectivity index (χ4v) is 1.62. The normalized spacial score (nSPS) is 9.80. The topological polar surface area (TPSA) is 35.5 Å². The molecule has 1 aromatic rings. The van der Waals surface area contributed by atoms with Crippen LogP contribution in [0.3, 0.4) is 0 Å². The zero-order valence-corrected chi connectivity index (χ0v) is 9.37. The molecule has 0 aromatic heterocycles. The Kier molecular flexibility index (Phi) is 4.16. The summed E-state index contributed by atoms with van der Waals surface area (Å²) in [6.07, 6.45) is 2.10. The fraction of sp³-hybridized carbons (Fsp3) is 0.417. The Bertz CT molecular complexity index is 345. The lowest BCUT2D eigenvalue weighted by atomic mass is 10.0. The molecule has 0 aliphatic rings. The highest BCUT2D eigenvalue weighted by Crippen LogP contribution is 2.29. The molecule has 0 atom stereocenters. The van der Waals surface area contributed by atoms with E-state index < -0.39 is 0 Å². The molecule has 0 amide bonds. The first kappa shape index (κ1) is 11.6. The maximum atomic E-state index is 10.3. The lowest BCUT2D eigenvalue weighted by Gasteiger charge is -2.12. The molecule has 3 nitrogen and oxygen atoms in total. The molecule has 0 fully saturated rings. The monoisotopic (exact) mass is 208 g/mol. The average Bonchev–Trinajstić information content (AvgIpc) is 2.25. The lowest BCUT2D eigenvalue weighted by Crippen LogP contribution is -1.97. The molecule has 1 aromatic carbocycles. The van der Waals surface area contributed by atoms with Crippen LogP contribution in [0.5, 0.6) is 11.5 Å². The minimum Gasteiger partial charge on any atom is -0.497 e. The highest BCUT2D eigenvalue weighted by molar-refractivity contribution is 5.53. The Balaban J connectivity index is 3.07. The van der Waals surface area contributed by atoms with Crippen LogP contribution in [0.15, 0.2) is 12.1 Å². The number of rotatable bonds is 5. The Morgan fingerprint density at radius 2 is 2.00 bits per heavy atom. The van der Waals surface area contributed by atoms with Gasteiger partial charge in [-0.05, 0) is 36.6 Å². The summed E-state index contributed by atoms with van der Waals surface area (Å²) < 4.78 is 10.5. The smallest absolute Gasteiger partial charge is 0.125 e. The number of carbonyl (C=O) groups is 1. The number of benzene rings is 1. The van der Waals surface area contributed by atoms with Crippen molar-refractivity contribution in [3.05, 3.63) is 23.3 Å². The Hall–Kier alpha value is -1.51. The third kappa shape index (κ3) is 2.72. The number of aryl methyl sites for hydroxylation is 2. The summed E-state index contributed by atoms with van der Waals surface area (Å²) in [5.74, 6) is 1.65. The van der Waals surface area contributed by atoms with Gasteiger partial charge in [-0.1, -0.05) is 0 Å². The molecule has 0 unspecified atom stereocenters. The van der Waals surface area contributed by atoms with Gasteiger partial charge in [0.15, 0.2) is 0 Å². The van der Waals surface area contributed by atoms with Crippen molar-refractivity contribution in [1.29, 1.82) is 0 Å². The molecular weight excluding hydrogens is 192 g/mol. The van der Waals surface area contributed by atoms with Gasteiger partial charge < -0.3 is 14.3 Å². The number of ether oxygens (including phenoxy) is 2. The second-order valence-electron chi connectivity index (χ2n) is 3.34. The van der Waals surface area contributed by atoms with Gasteiger partial charge in [0, 0.05) is 6.42 Å². The van der Waals surface area contributed by atoms with Crippen molar-refractivity contribution in [2.75, 3.05) is 14.2 Å². The van der Waals surface area contributed by atoms with Crippen LogP contribution in [0.25, 0.3) is 0 Å². The predicted molar refractivity (Wildman–Crippen MR) is 58.7 cm³/mol. The van der Waals surface area contributed by atoms with Crippen molar-refractivity contribution in [3.8, 4) is 11.5 Å². The first-order valence-electron chi connectivity index (χ1n) is 4.88. The summed E-state index contributed by atoms with van der Waals surface area (Å²) in [5.41, 5.74) is 2.04. The first-order valence-corrected chi connectivity index (χ1v) is 4.88. The standard InChI is InChI=1S/C12H16O3/c1-9-7-11(14-2)8-10(5-4-6-13)12(9)15-3/h6-8H,4-5H2,1-3H3.